The van der Waals surface area contributed by atoms with Crippen LogP contribution in [0.25, 0.3) is 0 Å². The molecule has 0 amide bonds. The van der Waals surface area contributed by atoms with Crippen LogP contribution >= 0.6 is 0 Å². The molecule has 2 aromatic carbocycles. The molecule has 0 spiro atoms. The Labute approximate surface area is 203 Å². The lowest BCUT2D eigenvalue weighted by Gasteiger charge is -2.25. The molecule has 2 heterocycles. The van der Waals surface area contributed by atoms with Gasteiger partial charge in [0.05, 0.1) is 5.56 Å². The number of ether oxygens (including phenoxy) is 1. The van der Waals surface area contributed by atoms with Crippen LogP contribution in [0.4, 0.5) is 13.2 Å². The number of hydrogen-bond acceptors (Lipinski definition) is 5. The summed E-state index contributed by atoms with van der Waals surface area (Å²) in [5.41, 5.74) is 3.14. The van der Waals surface area contributed by atoms with Crippen molar-refractivity contribution in [2.24, 2.45) is 9.98 Å². The molecule has 4 rings (SSSR count). The second kappa shape index (κ2) is 10.9. The Hall–Kier alpha value is -3.39. The maximum Gasteiger partial charge on any atom is 0.419 e. The first kappa shape index (κ1) is 24.7. The molecule has 0 saturated carbocycles. The van der Waals surface area contributed by atoms with Gasteiger partial charge in [-0.15, -0.1) is 0 Å². The Morgan fingerprint density at radius 2 is 1.94 bits per heavy atom. The highest BCUT2D eigenvalue weighted by atomic mass is 19.4. The number of benzene rings is 2. The van der Waals surface area contributed by atoms with E-state index >= 15 is 0 Å². The number of alkyl halides is 3. The van der Waals surface area contributed by atoms with E-state index in [4.69, 9.17) is 4.74 Å². The highest BCUT2D eigenvalue weighted by Gasteiger charge is 2.35. The zero-order valence-corrected chi connectivity index (χ0v) is 19.8. The molecule has 0 radical (unpaired) electrons. The standard InChI is InChI=1S/C27H29F3N4O/c1-3-20-8-6-9-22(27(28,29)30)24(20)35-21-12-10-19(11-13-21)14-16-32-26-23-18(2)7-4-5-15-31-25(23)33-17-34-26/h5-6,8-13,15,17,26,32H,3-4,7,14,16H2,1-2H3,(H,31,33,34). The molecule has 1 atom stereocenters. The third-order valence-electron chi connectivity index (χ3n) is 6.09. The molecule has 0 aromatic heterocycles. The Bertz CT molecular complexity index is 1160. The van der Waals surface area contributed by atoms with E-state index in [1.807, 2.05) is 25.3 Å². The molecule has 2 aliphatic heterocycles. The molecule has 2 aliphatic rings. The zero-order chi connectivity index (χ0) is 24.8. The number of hydrogen-bond donors (Lipinski definition) is 2. The van der Waals surface area contributed by atoms with Gasteiger partial charge in [0.25, 0.3) is 0 Å². The van der Waals surface area contributed by atoms with Crippen LogP contribution < -0.4 is 15.4 Å². The maximum absolute atomic E-state index is 13.5. The van der Waals surface area contributed by atoms with E-state index in [1.165, 1.54) is 11.6 Å². The maximum atomic E-state index is 13.5. The van der Waals surface area contributed by atoms with Gasteiger partial charge in [0, 0.05) is 12.1 Å². The van der Waals surface area contributed by atoms with Crippen LogP contribution in [0.3, 0.4) is 0 Å². The molecule has 2 N–H and O–H groups in total. The third-order valence-corrected chi connectivity index (χ3v) is 6.09. The largest absolute Gasteiger partial charge is 0.456 e. The van der Waals surface area contributed by atoms with Crippen molar-refractivity contribution in [3.05, 3.63) is 82.6 Å². The van der Waals surface area contributed by atoms with Crippen molar-refractivity contribution < 1.29 is 17.9 Å². The Morgan fingerprint density at radius 3 is 2.69 bits per heavy atom. The van der Waals surface area contributed by atoms with Gasteiger partial charge in [-0.3, -0.25) is 5.32 Å². The number of amidine groups is 1. The minimum absolute atomic E-state index is 0.129. The number of rotatable bonds is 7. The van der Waals surface area contributed by atoms with Gasteiger partial charge in [0.2, 0.25) is 0 Å². The summed E-state index contributed by atoms with van der Waals surface area (Å²) in [4.78, 5) is 8.89. The summed E-state index contributed by atoms with van der Waals surface area (Å²) < 4.78 is 46.2. The Morgan fingerprint density at radius 1 is 1.14 bits per heavy atom. The fraction of sp³-hybridized carbons (Fsp3) is 0.333. The van der Waals surface area contributed by atoms with Gasteiger partial charge in [-0.25, -0.2) is 9.98 Å². The van der Waals surface area contributed by atoms with Gasteiger partial charge < -0.3 is 10.1 Å². The van der Waals surface area contributed by atoms with E-state index in [0.717, 1.165) is 42.3 Å². The van der Waals surface area contributed by atoms with Gasteiger partial charge in [-0.1, -0.05) is 42.8 Å². The minimum Gasteiger partial charge on any atom is -0.456 e. The number of aryl methyl sites for hydroxylation is 1. The lowest BCUT2D eigenvalue weighted by atomic mass is 9.99. The molecule has 0 bridgehead atoms. The zero-order valence-electron chi connectivity index (χ0n) is 19.8. The number of aliphatic imine (C=N–C) groups is 2. The summed E-state index contributed by atoms with van der Waals surface area (Å²) in [6.45, 7) is 4.60. The van der Waals surface area contributed by atoms with Gasteiger partial charge in [0.1, 0.15) is 29.8 Å². The van der Waals surface area contributed by atoms with Crippen LogP contribution in [0.15, 0.2) is 75.9 Å². The lowest BCUT2D eigenvalue weighted by molar-refractivity contribution is -0.138. The molecular weight excluding hydrogens is 453 g/mol. The van der Waals surface area contributed by atoms with Gasteiger partial charge in [0.15, 0.2) is 0 Å². The molecule has 1 unspecified atom stereocenters. The predicted molar refractivity (Wildman–Crippen MR) is 133 cm³/mol. The minimum atomic E-state index is -4.48. The number of para-hydroxylation sites is 1. The van der Waals surface area contributed by atoms with Crippen molar-refractivity contribution in [3.63, 3.8) is 0 Å². The monoisotopic (exact) mass is 482 g/mol. The molecule has 5 nitrogen and oxygen atoms in total. The van der Waals surface area contributed by atoms with Gasteiger partial charge in [-0.05, 0) is 68.1 Å². The van der Waals surface area contributed by atoms with Crippen LogP contribution in [0, 0.1) is 0 Å². The predicted octanol–water partition coefficient (Wildman–Crippen LogP) is 6.17. The van der Waals surface area contributed by atoms with E-state index in [9.17, 15) is 13.2 Å². The lowest BCUT2D eigenvalue weighted by Crippen LogP contribution is -2.40. The average molecular weight is 483 g/mol. The number of nitrogens with zero attached hydrogens (tertiary/aromatic N) is 2. The highest BCUT2D eigenvalue weighted by molar-refractivity contribution is 6.05. The van der Waals surface area contributed by atoms with Crippen molar-refractivity contribution >= 4 is 12.2 Å². The molecule has 8 heteroatoms. The van der Waals surface area contributed by atoms with Crippen LogP contribution in [0.2, 0.25) is 0 Å². The van der Waals surface area contributed by atoms with Crippen LogP contribution in [0.1, 0.15) is 43.4 Å². The third kappa shape index (κ3) is 6.00. The topological polar surface area (TPSA) is 58.0 Å². The van der Waals surface area contributed by atoms with Crippen LogP contribution in [-0.4, -0.2) is 24.9 Å². The molecule has 0 aliphatic carbocycles. The summed E-state index contributed by atoms with van der Waals surface area (Å²) >= 11 is 0. The van der Waals surface area contributed by atoms with Crippen molar-refractivity contribution in [2.75, 3.05) is 6.54 Å². The first-order valence-electron chi connectivity index (χ1n) is 11.8. The quantitative estimate of drug-likeness (QED) is 0.496. The van der Waals surface area contributed by atoms with Gasteiger partial charge >= 0.3 is 6.18 Å². The molecule has 0 fully saturated rings. The Balaban J connectivity index is 1.39. The van der Waals surface area contributed by atoms with Gasteiger partial charge in [-0.2, -0.15) is 13.2 Å². The number of fused-ring (bicyclic) bond motifs is 1. The summed E-state index contributed by atoms with van der Waals surface area (Å²) in [5.74, 6) is 1.06. The summed E-state index contributed by atoms with van der Waals surface area (Å²) in [6, 6.07) is 11.3. The van der Waals surface area contributed by atoms with Crippen LogP contribution in [-0.2, 0) is 19.0 Å². The number of nitrogens with one attached hydrogen (secondary N) is 2. The molecule has 184 valence electrons. The van der Waals surface area contributed by atoms with Crippen molar-refractivity contribution in [1.29, 1.82) is 0 Å². The number of allylic oxidation sites excluding steroid dienone is 2. The second-order valence-corrected chi connectivity index (χ2v) is 8.52. The van der Waals surface area contributed by atoms with E-state index < -0.39 is 11.7 Å². The number of halogens is 3. The fourth-order valence-corrected chi connectivity index (χ4v) is 4.19. The normalized spacial score (nSPS) is 17.9. The average Bonchev–Trinajstić information content (AvgIpc) is 2.83. The van der Waals surface area contributed by atoms with E-state index in [2.05, 4.69) is 33.6 Å². The Kier molecular flexibility index (Phi) is 7.70. The van der Waals surface area contributed by atoms with Crippen molar-refractivity contribution in [1.82, 2.24) is 10.6 Å². The summed E-state index contributed by atoms with van der Waals surface area (Å²) in [5, 5.41) is 6.72. The molecule has 0 saturated heterocycles. The van der Waals surface area contributed by atoms with E-state index in [0.29, 0.717) is 24.3 Å². The van der Waals surface area contributed by atoms with Crippen LogP contribution in [0.5, 0.6) is 11.5 Å². The second-order valence-electron chi connectivity index (χ2n) is 8.52. The smallest absolute Gasteiger partial charge is 0.419 e. The van der Waals surface area contributed by atoms with Crippen molar-refractivity contribution in [3.8, 4) is 11.5 Å². The first-order chi connectivity index (χ1) is 16.9. The summed E-state index contributed by atoms with van der Waals surface area (Å²) in [7, 11) is 0. The van der Waals surface area contributed by atoms with Crippen molar-refractivity contribution in [2.45, 2.75) is 51.9 Å². The molecular formula is C27H29F3N4O. The summed E-state index contributed by atoms with van der Waals surface area (Å²) in [6.07, 6.45) is 4.04. The fourth-order valence-electron chi connectivity index (χ4n) is 4.19. The SMILES string of the molecule is CCc1cccc(C(F)(F)F)c1Oc1ccc(CCNC2N=CN=C3NC=CCCC(C)=C32)cc1. The molecule has 35 heavy (non-hydrogen) atoms. The molecule has 2 aromatic rings. The highest BCUT2D eigenvalue weighted by Crippen LogP contribution is 2.40. The van der Waals surface area contributed by atoms with E-state index in [1.54, 1.807) is 24.5 Å². The van der Waals surface area contributed by atoms with E-state index in [-0.39, 0.29) is 11.9 Å². The first-order valence-corrected chi connectivity index (χ1v) is 11.8.